The third-order valence-corrected chi connectivity index (χ3v) is 4.72. The highest BCUT2D eigenvalue weighted by molar-refractivity contribution is 9.10. The number of rotatable bonds is 8. The summed E-state index contributed by atoms with van der Waals surface area (Å²) in [5.41, 5.74) is 0.861. The van der Waals surface area contributed by atoms with E-state index in [-0.39, 0.29) is 17.5 Å². The van der Waals surface area contributed by atoms with Crippen molar-refractivity contribution in [3.05, 3.63) is 34.1 Å². The first-order valence-corrected chi connectivity index (χ1v) is 7.98. The summed E-state index contributed by atoms with van der Waals surface area (Å²) >= 11 is 3.45. The van der Waals surface area contributed by atoms with Crippen LogP contribution in [0.4, 0.5) is 4.39 Å². The third kappa shape index (κ3) is 4.54. The predicted octanol–water partition coefficient (Wildman–Crippen LogP) is 4.31. The van der Waals surface area contributed by atoms with Crippen LogP contribution in [0.2, 0.25) is 0 Å². The SMILES string of the molecule is CCCNC(Cc1ccc(F)cc1Br)C(C)(CC)OC. The minimum atomic E-state index is -0.233. The van der Waals surface area contributed by atoms with Crippen molar-refractivity contribution in [3.8, 4) is 0 Å². The summed E-state index contributed by atoms with van der Waals surface area (Å²) in [6.45, 7) is 7.35. The molecule has 0 saturated carbocycles. The molecule has 2 atom stereocenters. The van der Waals surface area contributed by atoms with Crippen LogP contribution in [-0.2, 0) is 11.2 Å². The molecule has 0 spiro atoms. The smallest absolute Gasteiger partial charge is 0.124 e. The van der Waals surface area contributed by atoms with Gasteiger partial charge in [0, 0.05) is 17.6 Å². The lowest BCUT2D eigenvalue weighted by Crippen LogP contribution is -2.51. The monoisotopic (exact) mass is 345 g/mol. The minimum Gasteiger partial charge on any atom is -0.377 e. The standard InChI is InChI=1S/C16H25BrFNO/c1-5-9-19-15(16(3,6-2)20-4)10-12-7-8-13(18)11-14(12)17/h7-8,11,15,19H,5-6,9-10H2,1-4H3. The van der Waals surface area contributed by atoms with Crippen molar-refractivity contribution in [1.29, 1.82) is 0 Å². The molecule has 1 rings (SSSR count). The van der Waals surface area contributed by atoms with E-state index in [1.54, 1.807) is 7.11 Å². The molecule has 1 aromatic carbocycles. The Balaban J connectivity index is 2.94. The summed E-state index contributed by atoms with van der Waals surface area (Å²) in [4.78, 5) is 0. The van der Waals surface area contributed by atoms with Crippen LogP contribution in [0.3, 0.4) is 0 Å². The molecule has 0 radical (unpaired) electrons. The Kier molecular flexibility index (Phi) is 7.13. The number of hydrogen-bond acceptors (Lipinski definition) is 2. The first-order chi connectivity index (χ1) is 9.46. The second-order valence-corrected chi connectivity index (χ2v) is 6.17. The van der Waals surface area contributed by atoms with Crippen LogP contribution < -0.4 is 5.32 Å². The lowest BCUT2D eigenvalue weighted by atomic mass is 9.88. The van der Waals surface area contributed by atoms with E-state index in [0.717, 1.165) is 35.8 Å². The summed E-state index contributed by atoms with van der Waals surface area (Å²) in [6, 6.07) is 5.06. The van der Waals surface area contributed by atoms with Crippen LogP contribution in [0.25, 0.3) is 0 Å². The van der Waals surface area contributed by atoms with E-state index in [9.17, 15) is 4.39 Å². The molecule has 0 fully saturated rings. The van der Waals surface area contributed by atoms with Gasteiger partial charge in [0.2, 0.25) is 0 Å². The van der Waals surface area contributed by atoms with Crippen LogP contribution in [0.5, 0.6) is 0 Å². The van der Waals surface area contributed by atoms with E-state index >= 15 is 0 Å². The highest BCUT2D eigenvalue weighted by Crippen LogP contribution is 2.26. The molecule has 4 heteroatoms. The van der Waals surface area contributed by atoms with Crippen molar-refractivity contribution in [1.82, 2.24) is 5.32 Å². The second kappa shape index (κ2) is 8.11. The van der Waals surface area contributed by atoms with Gasteiger partial charge < -0.3 is 10.1 Å². The Bertz CT molecular complexity index is 421. The van der Waals surface area contributed by atoms with Gasteiger partial charge in [-0.2, -0.15) is 0 Å². The van der Waals surface area contributed by atoms with Gasteiger partial charge in [-0.15, -0.1) is 0 Å². The van der Waals surface area contributed by atoms with Crippen LogP contribution in [-0.4, -0.2) is 25.3 Å². The first-order valence-electron chi connectivity index (χ1n) is 7.19. The molecule has 1 aromatic rings. The fraction of sp³-hybridized carbons (Fsp3) is 0.625. The molecule has 20 heavy (non-hydrogen) atoms. The zero-order valence-corrected chi connectivity index (χ0v) is 14.4. The van der Waals surface area contributed by atoms with Crippen molar-refractivity contribution < 1.29 is 9.13 Å². The maximum atomic E-state index is 13.2. The number of methoxy groups -OCH3 is 1. The molecule has 114 valence electrons. The molecule has 0 bridgehead atoms. The molecule has 0 saturated heterocycles. The maximum Gasteiger partial charge on any atom is 0.124 e. The summed E-state index contributed by atoms with van der Waals surface area (Å²) in [6.07, 6.45) is 2.80. The highest BCUT2D eigenvalue weighted by atomic mass is 79.9. The predicted molar refractivity (Wildman–Crippen MR) is 85.6 cm³/mol. The normalized spacial score (nSPS) is 15.9. The van der Waals surface area contributed by atoms with E-state index in [4.69, 9.17) is 4.74 Å². The Hall–Kier alpha value is -0.450. The van der Waals surface area contributed by atoms with Crippen LogP contribution in [0.1, 0.15) is 39.2 Å². The summed E-state index contributed by atoms with van der Waals surface area (Å²) < 4.78 is 19.7. The summed E-state index contributed by atoms with van der Waals surface area (Å²) in [5, 5.41) is 3.56. The molecule has 0 aliphatic rings. The van der Waals surface area contributed by atoms with Gasteiger partial charge in [0.05, 0.1) is 5.60 Å². The van der Waals surface area contributed by atoms with Crippen LogP contribution in [0.15, 0.2) is 22.7 Å². The van der Waals surface area contributed by atoms with Crippen molar-refractivity contribution in [2.75, 3.05) is 13.7 Å². The molecule has 1 N–H and O–H groups in total. The van der Waals surface area contributed by atoms with Crippen molar-refractivity contribution in [2.45, 2.75) is 51.7 Å². The quantitative estimate of drug-likeness (QED) is 0.757. The number of ether oxygens (including phenoxy) is 1. The minimum absolute atomic E-state index is 0.194. The molecule has 0 aliphatic carbocycles. The third-order valence-electron chi connectivity index (χ3n) is 3.99. The molecule has 2 unspecified atom stereocenters. The van der Waals surface area contributed by atoms with Gasteiger partial charge >= 0.3 is 0 Å². The topological polar surface area (TPSA) is 21.3 Å². The summed E-state index contributed by atoms with van der Waals surface area (Å²) in [5.74, 6) is -0.219. The zero-order chi connectivity index (χ0) is 15.2. The van der Waals surface area contributed by atoms with E-state index in [2.05, 4.69) is 42.0 Å². The van der Waals surface area contributed by atoms with Gasteiger partial charge in [-0.05, 0) is 50.4 Å². The molecular weight excluding hydrogens is 321 g/mol. The number of benzene rings is 1. The van der Waals surface area contributed by atoms with Crippen LogP contribution in [0, 0.1) is 5.82 Å². The Labute approximate surface area is 130 Å². The highest BCUT2D eigenvalue weighted by Gasteiger charge is 2.32. The molecule has 2 nitrogen and oxygen atoms in total. The van der Waals surface area contributed by atoms with E-state index in [0.29, 0.717) is 0 Å². The lowest BCUT2D eigenvalue weighted by Gasteiger charge is -2.37. The lowest BCUT2D eigenvalue weighted by molar-refractivity contribution is -0.0287. The second-order valence-electron chi connectivity index (χ2n) is 5.32. The van der Waals surface area contributed by atoms with E-state index < -0.39 is 0 Å². The zero-order valence-electron chi connectivity index (χ0n) is 12.8. The van der Waals surface area contributed by atoms with Gasteiger partial charge in [-0.1, -0.05) is 35.8 Å². The average molecular weight is 346 g/mol. The fourth-order valence-electron chi connectivity index (χ4n) is 2.26. The van der Waals surface area contributed by atoms with Gasteiger partial charge in [0.25, 0.3) is 0 Å². The molecule has 0 aliphatic heterocycles. The Morgan fingerprint density at radius 2 is 2.10 bits per heavy atom. The number of halogens is 2. The van der Waals surface area contributed by atoms with Crippen molar-refractivity contribution in [3.63, 3.8) is 0 Å². The maximum absolute atomic E-state index is 13.2. The Morgan fingerprint density at radius 1 is 1.40 bits per heavy atom. The van der Waals surface area contributed by atoms with Gasteiger partial charge in [0.15, 0.2) is 0 Å². The molecule has 0 aromatic heterocycles. The number of hydrogen-bond donors (Lipinski definition) is 1. The average Bonchev–Trinajstić information content (AvgIpc) is 2.44. The fourth-order valence-corrected chi connectivity index (χ4v) is 2.78. The van der Waals surface area contributed by atoms with Gasteiger partial charge in [-0.3, -0.25) is 0 Å². The molecular formula is C16H25BrFNO. The van der Waals surface area contributed by atoms with E-state index in [1.807, 2.05) is 6.07 Å². The number of nitrogens with one attached hydrogen (secondary N) is 1. The Morgan fingerprint density at radius 3 is 2.60 bits per heavy atom. The molecule has 0 heterocycles. The van der Waals surface area contributed by atoms with Gasteiger partial charge in [0.1, 0.15) is 5.82 Å². The largest absolute Gasteiger partial charge is 0.377 e. The van der Waals surface area contributed by atoms with Crippen molar-refractivity contribution >= 4 is 15.9 Å². The van der Waals surface area contributed by atoms with Gasteiger partial charge in [-0.25, -0.2) is 4.39 Å². The first kappa shape index (κ1) is 17.6. The molecule has 0 amide bonds. The van der Waals surface area contributed by atoms with E-state index in [1.165, 1.54) is 12.1 Å². The summed E-state index contributed by atoms with van der Waals surface area (Å²) in [7, 11) is 1.75. The van der Waals surface area contributed by atoms with Crippen molar-refractivity contribution in [2.24, 2.45) is 0 Å². The van der Waals surface area contributed by atoms with Crippen LogP contribution >= 0.6 is 15.9 Å².